The molecular formula is C13H13NOS. The summed E-state index contributed by atoms with van der Waals surface area (Å²) in [4.78, 5) is 16.5. The molecule has 2 nitrogen and oxygen atoms in total. The van der Waals surface area contributed by atoms with Crippen LogP contribution in [0.1, 0.15) is 11.3 Å². The van der Waals surface area contributed by atoms with Crippen molar-refractivity contribution in [1.29, 1.82) is 0 Å². The van der Waals surface area contributed by atoms with Gasteiger partial charge in [-0.25, -0.2) is 0 Å². The van der Waals surface area contributed by atoms with Crippen molar-refractivity contribution in [2.75, 3.05) is 0 Å². The molecule has 0 aliphatic heterocycles. The van der Waals surface area contributed by atoms with E-state index in [1.165, 1.54) is 0 Å². The number of hydrogen-bond donors (Lipinski definition) is 1. The van der Waals surface area contributed by atoms with Gasteiger partial charge < -0.3 is 4.98 Å². The predicted octanol–water partition coefficient (Wildman–Crippen LogP) is 3.14. The number of pyridine rings is 1. The van der Waals surface area contributed by atoms with Crippen LogP contribution in [0.2, 0.25) is 0 Å². The molecule has 0 spiro atoms. The molecule has 0 unspecified atom stereocenters. The molecule has 1 aromatic carbocycles. The van der Waals surface area contributed by atoms with Crippen LogP contribution in [0.25, 0.3) is 0 Å². The lowest BCUT2D eigenvalue weighted by molar-refractivity contribution is 1.05. The summed E-state index contributed by atoms with van der Waals surface area (Å²) in [5, 5.41) is 0. The second-order valence-electron chi connectivity index (χ2n) is 3.69. The van der Waals surface area contributed by atoms with Crippen LogP contribution in [0.5, 0.6) is 0 Å². The third-order valence-electron chi connectivity index (χ3n) is 2.34. The van der Waals surface area contributed by atoms with Crippen molar-refractivity contribution in [3.8, 4) is 0 Å². The number of benzene rings is 1. The van der Waals surface area contributed by atoms with Crippen LogP contribution in [-0.4, -0.2) is 4.98 Å². The van der Waals surface area contributed by atoms with Crippen molar-refractivity contribution in [3.05, 3.63) is 58.0 Å². The van der Waals surface area contributed by atoms with E-state index in [0.717, 1.165) is 21.0 Å². The summed E-state index contributed by atoms with van der Waals surface area (Å²) < 4.78 is 0. The molecule has 3 heteroatoms. The summed E-state index contributed by atoms with van der Waals surface area (Å²) in [6.45, 7) is 3.75. The van der Waals surface area contributed by atoms with E-state index in [0.29, 0.717) is 0 Å². The molecule has 0 saturated heterocycles. The van der Waals surface area contributed by atoms with Gasteiger partial charge in [-0.1, -0.05) is 30.0 Å². The Balaban J connectivity index is 2.39. The maximum absolute atomic E-state index is 11.6. The highest BCUT2D eigenvalue weighted by Crippen LogP contribution is 2.28. The van der Waals surface area contributed by atoms with Crippen LogP contribution in [0.15, 0.2) is 51.0 Å². The Morgan fingerprint density at radius 3 is 2.50 bits per heavy atom. The first kappa shape index (κ1) is 11.0. The molecule has 1 aromatic heterocycles. The van der Waals surface area contributed by atoms with E-state index < -0.39 is 0 Å². The monoisotopic (exact) mass is 231 g/mol. The van der Waals surface area contributed by atoms with E-state index in [-0.39, 0.29) is 5.56 Å². The Labute approximate surface area is 98.7 Å². The van der Waals surface area contributed by atoms with Crippen LogP contribution in [0, 0.1) is 13.8 Å². The Morgan fingerprint density at radius 2 is 1.81 bits per heavy atom. The normalized spacial score (nSPS) is 10.4. The molecule has 0 radical (unpaired) electrons. The molecule has 1 heterocycles. The Kier molecular flexibility index (Phi) is 3.15. The molecule has 0 atom stereocenters. The summed E-state index contributed by atoms with van der Waals surface area (Å²) in [7, 11) is 0. The zero-order valence-corrected chi connectivity index (χ0v) is 10.1. The van der Waals surface area contributed by atoms with E-state index in [1.807, 2.05) is 50.2 Å². The molecule has 0 saturated carbocycles. The Morgan fingerprint density at radius 1 is 1.12 bits per heavy atom. The number of nitrogens with one attached hydrogen (secondary N) is 1. The second kappa shape index (κ2) is 4.58. The highest BCUT2D eigenvalue weighted by atomic mass is 32.2. The summed E-state index contributed by atoms with van der Waals surface area (Å²) in [5.74, 6) is 0. The van der Waals surface area contributed by atoms with Crippen LogP contribution >= 0.6 is 11.8 Å². The van der Waals surface area contributed by atoms with Crippen LogP contribution in [0.4, 0.5) is 0 Å². The number of rotatable bonds is 2. The maximum Gasteiger partial charge on any atom is 0.252 e. The Hall–Kier alpha value is -1.48. The average Bonchev–Trinajstić information content (AvgIpc) is 2.27. The minimum atomic E-state index is -0.00145. The molecule has 0 amide bonds. The van der Waals surface area contributed by atoms with Gasteiger partial charge in [-0.3, -0.25) is 4.79 Å². The molecule has 2 aromatic rings. The number of aryl methyl sites for hydroxylation is 1. The molecule has 2 rings (SSSR count). The van der Waals surface area contributed by atoms with Gasteiger partial charge in [0, 0.05) is 21.0 Å². The van der Waals surface area contributed by atoms with Gasteiger partial charge >= 0.3 is 0 Å². The molecule has 0 aliphatic rings. The summed E-state index contributed by atoms with van der Waals surface area (Å²) >= 11 is 1.62. The van der Waals surface area contributed by atoms with Crippen molar-refractivity contribution < 1.29 is 0 Å². The maximum atomic E-state index is 11.6. The van der Waals surface area contributed by atoms with Gasteiger partial charge in [0.05, 0.1) is 0 Å². The fourth-order valence-electron chi connectivity index (χ4n) is 1.45. The highest BCUT2D eigenvalue weighted by molar-refractivity contribution is 7.99. The quantitative estimate of drug-likeness (QED) is 0.861. The average molecular weight is 231 g/mol. The first-order chi connectivity index (χ1) is 7.66. The smallest absolute Gasteiger partial charge is 0.252 e. The first-order valence-electron chi connectivity index (χ1n) is 5.10. The zero-order chi connectivity index (χ0) is 11.5. The predicted molar refractivity (Wildman–Crippen MR) is 67.1 cm³/mol. The molecular weight excluding hydrogens is 218 g/mol. The summed E-state index contributed by atoms with van der Waals surface area (Å²) in [5.41, 5.74) is 1.67. The van der Waals surface area contributed by atoms with E-state index in [1.54, 1.807) is 11.8 Å². The molecule has 1 N–H and O–H groups in total. The standard InChI is InChI=1S/C13H13NOS/c1-9-8-12(10(2)13(15)14-9)16-11-6-4-3-5-7-11/h3-8H,1-2H3,(H,14,15). The minimum absolute atomic E-state index is 0.00145. The van der Waals surface area contributed by atoms with Crippen molar-refractivity contribution in [2.24, 2.45) is 0 Å². The lowest BCUT2D eigenvalue weighted by Crippen LogP contribution is -2.11. The molecule has 0 fully saturated rings. The molecule has 16 heavy (non-hydrogen) atoms. The van der Waals surface area contributed by atoms with Gasteiger partial charge in [0.2, 0.25) is 0 Å². The third-order valence-corrected chi connectivity index (χ3v) is 3.49. The van der Waals surface area contributed by atoms with Crippen LogP contribution in [-0.2, 0) is 0 Å². The molecule has 0 aliphatic carbocycles. The largest absolute Gasteiger partial charge is 0.326 e. The van der Waals surface area contributed by atoms with Gasteiger partial charge in [0.15, 0.2) is 0 Å². The summed E-state index contributed by atoms with van der Waals surface area (Å²) in [6.07, 6.45) is 0. The minimum Gasteiger partial charge on any atom is -0.326 e. The first-order valence-corrected chi connectivity index (χ1v) is 5.92. The van der Waals surface area contributed by atoms with Crippen molar-refractivity contribution in [2.45, 2.75) is 23.6 Å². The lowest BCUT2D eigenvalue weighted by atomic mass is 10.3. The van der Waals surface area contributed by atoms with Crippen LogP contribution < -0.4 is 5.56 Å². The van der Waals surface area contributed by atoms with Gasteiger partial charge in [-0.2, -0.15) is 0 Å². The van der Waals surface area contributed by atoms with Gasteiger partial charge in [-0.15, -0.1) is 0 Å². The van der Waals surface area contributed by atoms with Crippen LogP contribution in [0.3, 0.4) is 0 Å². The molecule has 0 bridgehead atoms. The van der Waals surface area contributed by atoms with Gasteiger partial charge in [0.1, 0.15) is 0 Å². The number of H-pyrrole nitrogens is 1. The summed E-state index contributed by atoms with van der Waals surface area (Å²) in [6, 6.07) is 12.1. The van der Waals surface area contributed by atoms with Crippen molar-refractivity contribution in [1.82, 2.24) is 4.98 Å². The van der Waals surface area contributed by atoms with E-state index >= 15 is 0 Å². The van der Waals surface area contributed by atoms with E-state index in [2.05, 4.69) is 4.98 Å². The fourth-order valence-corrected chi connectivity index (χ4v) is 2.48. The third kappa shape index (κ3) is 2.36. The number of hydrogen-bond acceptors (Lipinski definition) is 2. The van der Waals surface area contributed by atoms with Crippen molar-refractivity contribution >= 4 is 11.8 Å². The fraction of sp³-hybridized carbons (Fsp3) is 0.154. The van der Waals surface area contributed by atoms with Gasteiger partial charge in [-0.05, 0) is 32.0 Å². The SMILES string of the molecule is Cc1cc(Sc2ccccc2)c(C)c(=O)[nH]1. The zero-order valence-electron chi connectivity index (χ0n) is 9.28. The van der Waals surface area contributed by atoms with E-state index in [4.69, 9.17) is 0 Å². The topological polar surface area (TPSA) is 32.9 Å². The Bertz CT molecular complexity index is 546. The van der Waals surface area contributed by atoms with E-state index in [9.17, 15) is 4.79 Å². The van der Waals surface area contributed by atoms with Crippen molar-refractivity contribution in [3.63, 3.8) is 0 Å². The van der Waals surface area contributed by atoms with Gasteiger partial charge in [0.25, 0.3) is 5.56 Å². The molecule has 82 valence electrons. The second-order valence-corrected chi connectivity index (χ2v) is 4.80. The highest BCUT2D eigenvalue weighted by Gasteiger charge is 2.05. The number of aromatic nitrogens is 1. The lowest BCUT2D eigenvalue weighted by Gasteiger charge is -2.05. The number of aromatic amines is 1.